The van der Waals surface area contributed by atoms with Crippen LogP contribution in [0.25, 0.3) is 0 Å². The lowest BCUT2D eigenvalue weighted by Crippen LogP contribution is -2.47. The van der Waals surface area contributed by atoms with Crippen molar-refractivity contribution >= 4 is 11.9 Å². The Kier molecular flexibility index (Phi) is 5.01. The first-order chi connectivity index (χ1) is 10.7. The van der Waals surface area contributed by atoms with E-state index in [2.05, 4.69) is 4.98 Å². The minimum atomic E-state index is -1.02. The molecule has 7 nitrogen and oxygen atoms in total. The van der Waals surface area contributed by atoms with Gasteiger partial charge in [-0.25, -0.2) is 0 Å². The lowest BCUT2D eigenvalue weighted by atomic mass is 10.0. The molecule has 1 aromatic heterocycles. The first-order valence-electron chi connectivity index (χ1n) is 7.57. The summed E-state index contributed by atoms with van der Waals surface area (Å²) in [6, 6.07) is 2.45. The van der Waals surface area contributed by atoms with Crippen molar-refractivity contribution in [3.05, 3.63) is 30.1 Å². The molecular formula is C16H23N3O4. The van der Waals surface area contributed by atoms with Crippen molar-refractivity contribution in [2.24, 2.45) is 11.7 Å². The average Bonchev–Trinajstić information content (AvgIpc) is 2.80. The van der Waals surface area contributed by atoms with Gasteiger partial charge in [-0.1, -0.05) is 6.07 Å². The number of ether oxygens (including phenoxy) is 1. The van der Waals surface area contributed by atoms with Crippen LogP contribution in [0.2, 0.25) is 0 Å². The zero-order valence-electron chi connectivity index (χ0n) is 13.6. The summed E-state index contributed by atoms with van der Waals surface area (Å²) >= 11 is 0. The van der Waals surface area contributed by atoms with Gasteiger partial charge in [0.25, 0.3) is 0 Å². The maximum absolute atomic E-state index is 12.3. The van der Waals surface area contributed by atoms with Gasteiger partial charge in [-0.2, -0.15) is 0 Å². The molecule has 2 heterocycles. The van der Waals surface area contributed by atoms with Crippen LogP contribution in [0.15, 0.2) is 24.5 Å². The van der Waals surface area contributed by atoms with E-state index in [-0.39, 0.29) is 5.97 Å². The lowest BCUT2D eigenvalue weighted by molar-refractivity contribution is -0.161. The quantitative estimate of drug-likeness (QED) is 0.801. The van der Waals surface area contributed by atoms with E-state index in [0.29, 0.717) is 18.5 Å². The van der Waals surface area contributed by atoms with E-state index in [1.165, 1.54) is 6.20 Å². The fourth-order valence-electron chi connectivity index (χ4n) is 2.79. The van der Waals surface area contributed by atoms with Crippen molar-refractivity contribution in [2.75, 3.05) is 6.54 Å². The number of rotatable bonds is 4. The smallest absolute Gasteiger partial charge is 0.325 e. The Hall–Kier alpha value is -1.99. The maximum atomic E-state index is 12.3. The van der Waals surface area contributed by atoms with Crippen LogP contribution in [0, 0.1) is 5.92 Å². The molecule has 7 heteroatoms. The standard InChI is InChI=1S/C16H23N3O4/c1-16(2,3)23-15(22)11-6-8-19(13(11)17)12(14(20)21)10-5-4-7-18-9-10/h4-5,7,9,11-13H,6,8,17H2,1-3H3,(H,20,21)/t11-,12+,13-/m1/s1. The van der Waals surface area contributed by atoms with E-state index in [0.717, 1.165) is 0 Å². The fraction of sp³-hybridized carbons (Fsp3) is 0.562. The van der Waals surface area contributed by atoms with E-state index in [9.17, 15) is 14.7 Å². The molecule has 126 valence electrons. The van der Waals surface area contributed by atoms with Crippen molar-refractivity contribution in [1.29, 1.82) is 0 Å². The van der Waals surface area contributed by atoms with E-state index < -0.39 is 29.7 Å². The second-order valence-electron chi connectivity index (χ2n) is 6.68. The number of carbonyl (C=O) groups is 2. The van der Waals surface area contributed by atoms with Gasteiger partial charge in [0, 0.05) is 18.9 Å². The van der Waals surface area contributed by atoms with Gasteiger partial charge in [0.2, 0.25) is 0 Å². The number of hydrogen-bond donors (Lipinski definition) is 2. The number of nitrogens with two attached hydrogens (primary N) is 1. The summed E-state index contributed by atoms with van der Waals surface area (Å²) < 4.78 is 5.38. The van der Waals surface area contributed by atoms with Gasteiger partial charge in [-0.05, 0) is 38.8 Å². The predicted octanol–water partition coefficient (Wildman–Crippen LogP) is 1.16. The van der Waals surface area contributed by atoms with Crippen LogP contribution in [0.4, 0.5) is 0 Å². The summed E-state index contributed by atoms with van der Waals surface area (Å²) in [5.74, 6) is -1.94. The zero-order chi connectivity index (χ0) is 17.2. The number of likely N-dealkylation sites (tertiary alicyclic amines) is 1. The number of carbonyl (C=O) groups excluding carboxylic acids is 1. The van der Waals surface area contributed by atoms with Gasteiger partial charge in [0.15, 0.2) is 0 Å². The zero-order valence-corrected chi connectivity index (χ0v) is 13.6. The Morgan fingerprint density at radius 2 is 2.17 bits per heavy atom. The number of pyridine rings is 1. The molecular weight excluding hydrogens is 298 g/mol. The summed E-state index contributed by atoms with van der Waals surface area (Å²) in [6.07, 6.45) is 2.86. The Morgan fingerprint density at radius 3 is 2.70 bits per heavy atom. The lowest BCUT2D eigenvalue weighted by Gasteiger charge is -2.30. The number of aromatic nitrogens is 1. The molecule has 1 aliphatic heterocycles. The molecule has 0 spiro atoms. The SMILES string of the molecule is CC(C)(C)OC(=O)[C@@H]1CCN([C@H](C(=O)O)c2cccnc2)[C@H]1N. The van der Waals surface area contributed by atoms with Crippen LogP contribution >= 0.6 is 0 Å². The Balaban J connectivity index is 2.18. The van der Waals surface area contributed by atoms with Crippen molar-refractivity contribution in [3.8, 4) is 0 Å². The fourth-order valence-corrected chi connectivity index (χ4v) is 2.79. The summed E-state index contributed by atoms with van der Waals surface area (Å²) in [7, 11) is 0. The van der Waals surface area contributed by atoms with Gasteiger partial charge in [-0.3, -0.25) is 19.5 Å². The molecule has 0 unspecified atom stereocenters. The molecule has 3 N–H and O–H groups in total. The Morgan fingerprint density at radius 1 is 1.48 bits per heavy atom. The number of carboxylic acids is 1. The highest BCUT2D eigenvalue weighted by Gasteiger charge is 2.44. The van der Waals surface area contributed by atoms with E-state index in [1.807, 2.05) is 0 Å². The molecule has 0 amide bonds. The summed E-state index contributed by atoms with van der Waals surface area (Å²) in [5, 5.41) is 9.58. The minimum absolute atomic E-state index is 0.386. The third-order valence-corrected chi connectivity index (χ3v) is 3.77. The first kappa shape index (κ1) is 17.4. The molecule has 3 atom stereocenters. The van der Waals surface area contributed by atoms with E-state index in [1.54, 1.807) is 44.0 Å². The van der Waals surface area contributed by atoms with Gasteiger partial charge >= 0.3 is 11.9 Å². The Bertz CT molecular complexity index is 570. The van der Waals surface area contributed by atoms with Crippen molar-refractivity contribution in [3.63, 3.8) is 0 Å². The summed E-state index contributed by atoms with van der Waals surface area (Å²) in [6.45, 7) is 5.79. The molecule has 1 fully saturated rings. The molecule has 1 aliphatic rings. The molecule has 1 aromatic rings. The third kappa shape index (κ3) is 4.05. The van der Waals surface area contributed by atoms with Crippen LogP contribution < -0.4 is 5.73 Å². The topological polar surface area (TPSA) is 106 Å². The van der Waals surface area contributed by atoms with Crippen molar-refractivity contribution in [2.45, 2.75) is 45.0 Å². The maximum Gasteiger partial charge on any atom is 0.325 e. The van der Waals surface area contributed by atoms with E-state index in [4.69, 9.17) is 10.5 Å². The van der Waals surface area contributed by atoms with Gasteiger partial charge in [0.05, 0.1) is 12.1 Å². The molecule has 0 bridgehead atoms. The number of aliphatic carboxylic acids is 1. The largest absolute Gasteiger partial charge is 0.480 e. The first-order valence-corrected chi connectivity index (χ1v) is 7.57. The Labute approximate surface area is 135 Å². The highest BCUT2D eigenvalue weighted by atomic mass is 16.6. The van der Waals surface area contributed by atoms with Gasteiger partial charge in [0.1, 0.15) is 11.6 Å². The normalized spacial score (nSPS) is 23.5. The van der Waals surface area contributed by atoms with Crippen LogP contribution in [0.1, 0.15) is 38.8 Å². The molecule has 23 heavy (non-hydrogen) atoms. The van der Waals surface area contributed by atoms with Crippen LogP contribution in [-0.2, 0) is 14.3 Å². The summed E-state index contributed by atoms with van der Waals surface area (Å²) in [5.41, 5.74) is 6.10. The molecule has 1 saturated heterocycles. The molecule has 2 rings (SSSR count). The third-order valence-electron chi connectivity index (χ3n) is 3.77. The second-order valence-corrected chi connectivity index (χ2v) is 6.68. The second kappa shape index (κ2) is 6.64. The molecule has 0 aromatic carbocycles. The molecule has 0 saturated carbocycles. The number of hydrogen-bond acceptors (Lipinski definition) is 6. The monoisotopic (exact) mass is 321 g/mol. The number of esters is 1. The van der Waals surface area contributed by atoms with Crippen LogP contribution in [-0.4, -0.2) is 45.2 Å². The minimum Gasteiger partial charge on any atom is -0.480 e. The number of carboxylic acid groups (broad SMARTS) is 1. The molecule has 0 radical (unpaired) electrons. The predicted molar refractivity (Wildman–Crippen MR) is 83.2 cm³/mol. The van der Waals surface area contributed by atoms with Crippen molar-refractivity contribution in [1.82, 2.24) is 9.88 Å². The van der Waals surface area contributed by atoms with Gasteiger partial charge in [-0.15, -0.1) is 0 Å². The molecule has 0 aliphatic carbocycles. The highest BCUT2D eigenvalue weighted by molar-refractivity contribution is 5.77. The highest BCUT2D eigenvalue weighted by Crippen LogP contribution is 2.32. The van der Waals surface area contributed by atoms with Crippen LogP contribution in [0.5, 0.6) is 0 Å². The van der Waals surface area contributed by atoms with Crippen molar-refractivity contribution < 1.29 is 19.4 Å². The van der Waals surface area contributed by atoms with Crippen LogP contribution in [0.3, 0.4) is 0 Å². The number of nitrogens with zero attached hydrogens (tertiary/aromatic N) is 2. The average molecular weight is 321 g/mol. The summed E-state index contributed by atoms with van der Waals surface area (Å²) in [4.78, 5) is 29.5. The van der Waals surface area contributed by atoms with Gasteiger partial charge < -0.3 is 15.6 Å². The van der Waals surface area contributed by atoms with E-state index >= 15 is 0 Å².